The van der Waals surface area contributed by atoms with Gasteiger partial charge in [-0.15, -0.1) is 0 Å². The average molecular weight is 838 g/mol. The first-order chi connectivity index (χ1) is 27.4. The molecule has 304 valence electrons. The number of anilines is 2. The molecule has 0 spiro atoms. The minimum atomic E-state index is -0.547. The molecule has 8 rings (SSSR count). The van der Waals surface area contributed by atoms with Crippen LogP contribution in [-0.4, -0.2) is 36.4 Å². The molecule has 0 aliphatic rings. The first-order valence-electron chi connectivity index (χ1n) is 17.3. The van der Waals surface area contributed by atoms with Crippen LogP contribution in [0, 0.1) is 25.5 Å². The molecule has 0 amide bonds. The first kappa shape index (κ1) is 46.7. The van der Waals surface area contributed by atoms with Crippen LogP contribution in [0.25, 0.3) is 21.8 Å². The number of pyridine rings is 4. The van der Waals surface area contributed by atoms with Gasteiger partial charge >= 0.3 is 0 Å². The van der Waals surface area contributed by atoms with E-state index in [-0.39, 0.29) is 36.4 Å². The largest absolute Gasteiger partial charge is 0.506 e. The molecular weight excluding hydrogens is 793 g/mol. The number of phenols is 2. The van der Waals surface area contributed by atoms with Crippen LogP contribution in [0.15, 0.2) is 140 Å². The molecule has 0 fully saturated rings. The number of benzene rings is 4. The van der Waals surface area contributed by atoms with Crippen molar-refractivity contribution in [3.8, 4) is 11.5 Å². The van der Waals surface area contributed by atoms with Crippen molar-refractivity contribution in [2.75, 3.05) is 11.1 Å². The number of nitrogens with one attached hydrogen (secondary N) is 1. The van der Waals surface area contributed by atoms with Crippen molar-refractivity contribution >= 4 is 62.9 Å². The third kappa shape index (κ3) is 12.9. The molecule has 13 heteroatoms. The highest BCUT2D eigenvalue weighted by Crippen LogP contribution is 2.38. The zero-order valence-electron chi connectivity index (χ0n) is 30.6. The summed E-state index contributed by atoms with van der Waals surface area (Å²) in [4.78, 5) is 26.9. The highest BCUT2D eigenvalue weighted by Gasteiger charge is 2.23. The fourth-order valence-electron chi connectivity index (χ4n) is 5.46. The highest BCUT2D eigenvalue weighted by atomic mass is 35.5. The number of para-hydroxylation sites is 1. The summed E-state index contributed by atoms with van der Waals surface area (Å²) in [5.74, 6) is 0.629. The normalized spacial score (nSPS) is 10.5. The number of hydrogen-bond acceptors (Lipinski definition) is 9. The molecule has 0 aliphatic heterocycles. The molecule has 0 radical (unpaired) electrons. The number of nitrogen functional groups attached to an aromatic ring is 1. The Morgan fingerprint density at radius 1 is 0.661 bits per heavy atom. The van der Waals surface area contributed by atoms with Crippen LogP contribution in [0.5, 0.6) is 11.5 Å². The van der Waals surface area contributed by atoms with Crippen LogP contribution in [0.4, 0.5) is 20.4 Å². The molecule has 5 N–H and O–H groups in total. The number of nitrogens with two attached hydrogens (primary N) is 1. The van der Waals surface area contributed by atoms with E-state index in [1.165, 1.54) is 24.3 Å². The van der Waals surface area contributed by atoms with Crippen LogP contribution < -0.4 is 11.1 Å². The van der Waals surface area contributed by atoms with Gasteiger partial charge in [-0.2, -0.15) is 0 Å². The van der Waals surface area contributed by atoms with E-state index < -0.39 is 17.7 Å². The van der Waals surface area contributed by atoms with Gasteiger partial charge < -0.3 is 21.3 Å². The third-order valence-electron chi connectivity index (χ3n) is 8.15. The molecule has 0 aliphatic carbocycles. The van der Waals surface area contributed by atoms with Crippen LogP contribution >= 0.6 is 23.2 Å². The molecule has 8 aromatic rings. The number of aromatic nitrogens is 4. The summed E-state index contributed by atoms with van der Waals surface area (Å²) in [6.45, 7) is 3.80. The second-order valence-corrected chi connectivity index (χ2v) is 13.1. The maximum atomic E-state index is 13.6. The summed E-state index contributed by atoms with van der Waals surface area (Å²) in [6, 6.07) is 35.0. The van der Waals surface area contributed by atoms with Gasteiger partial charge in [0.1, 0.15) is 45.8 Å². The quantitative estimate of drug-likeness (QED) is 0.124. The predicted octanol–water partition coefficient (Wildman–Crippen LogP) is 12.1. The van der Waals surface area contributed by atoms with Crippen molar-refractivity contribution < 1.29 is 23.8 Å². The fourth-order valence-corrected chi connectivity index (χ4v) is 5.95. The Labute approximate surface area is 352 Å². The van der Waals surface area contributed by atoms with Crippen molar-refractivity contribution in [1.29, 1.82) is 0 Å². The van der Waals surface area contributed by atoms with Crippen molar-refractivity contribution in [3.63, 3.8) is 0 Å². The lowest BCUT2D eigenvalue weighted by atomic mass is 9.96. The minimum absolute atomic E-state index is 0. The number of aldehydes is 1. The maximum Gasteiger partial charge on any atom is 0.151 e. The molecule has 1 unspecified atom stereocenters. The lowest BCUT2D eigenvalue weighted by Gasteiger charge is -2.23. The number of halogens is 4. The minimum Gasteiger partial charge on any atom is -0.506 e. The zero-order valence-corrected chi connectivity index (χ0v) is 32.1. The van der Waals surface area contributed by atoms with E-state index >= 15 is 0 Å². The van der Waals surface area contributed by atoms with Crippen molar-refractivity contribution in [3.05, 3.63) is 190 Å². The lowest BCUT2D eigenvalue weighted by Crippen LogP contribution is -2.14. The van der Waals surface area contributed by atoms with E-state index in [0.29, 0.717) is 45.6 Å². The number of aromatic hydroxyl groups is 2. The number of carbonyl (C=O) groups excluding carboxylic acids is 1. The second-order valence-electron chi connectivity index (χ2n) is 12.3. The van der Waals surface area contributed by atoms with Gasteiger partial charge in [0.15, 0.2) is 6.29 Å². The SMILES string of the molecule is C.C.Cc1cccc(N)n1.Cc1cccc(NC(c2ccc(F)cc2Cl)c2ccc3cccnc3c2O)n1.O=Cc1ccc(F)cc1Cl.Oc1cccc2cccnc12. The Hall–Kier alpha value is -6.69. The zero-order chi connectivity index (χ0) is 40.9. The van der Waals surface area contributed by atoms with Crippen molar-refractivity contribution in [1.82, 2.24) is 19.9 Å². The molecule has 4 aromatic heterocycles. The Balaban J connectivity index is 0.000000246. The van der Waals surface area contributed by atoms with Crippen LogP contribution in [0.2, 0.25) is 10.0 Å². The van der Waals surface area contributed by atoms with E-state index in [2.05, 4.69) is 25.3 Å². The van der Waals surface area contributed by atoms with E-state index in [1.807, 2.05) is 86.6 Å². The molecule has 0 bridgehead atoms. The van der Waals surface area contributed by atoms with Gasteiger partial charge in [0.25, 0.3) is 0 Å². The standard InChI is InChI=1S/C22H17ClFN3O.C9H7NO.C7H4ClFO.C6H8N2.2CH4/c1-13-4-2-6-19(26-13)27-21(16-10-8-15(24)12-18(16)23)17-9-7-14-5-3-11-25-20(14)22(17)28;11-8-5-1-3-7-4-2-6-10-9(7)8;8-7-3-6(9)2-1-5(7)4-10;1-5-3-2-4-6(7)8-5;;/h2-12,21,28H,1H3,(H,26,27);1-6,11H;1-4H;2-4H,1H3,(H2,7,8);2*1H4. The van der Waals surface area contributed by atoms with Gasteiger partial charge in [0.05, 0.1) is 11.1 Å². The number of rotatable bonds is 5. The maximum absolute atomic E-state index is 13.6. The number of carbonyl (C=O) groups is 1. The summed E-state index contributed by atoms with van der Waals surface area (Å²) in [7, 11) is 0. The van der Waals surface area contributed by atoms with Crippen molar-refractivity contribution in [2.45, 2.75) is 34.7 Å². The Kier molecular flexibility index (Phi) is 17.6. The van der Waals surface area contributed by atoms with E-state index in [1.54, 1.807) is 36.7 Å². The van der Waals surface area contributed by atoms with Crippen molar-refractivity contribution in [2.24, 2.45) is 0 Å². The van der Waals surface area contributed by atoms with Crippen LogP contribution in [0.1, 0.15) is 53.8 Å². The Morgan fingerprint density at radius 2 is 1.22 bits per heavy atom. The molecule has 0 saturated carbocycles. The van der Waals surface area contributed by atoms with Crippen LogP contribution in [-0.2, 0) is 0 Å². The fraction of sp³-hybridized carbons (Fsp3) is 0.109. The highest BCUT2D eigenvalue weighted by molar-refractivity contribution is 6.33. The lowest BCUT2D eigenvalue weighted by molar-refractivity contribution is 0.112. The van der Waals surface area contributed by atoms with E-state index in [0.717, 1.165) is 28.2 Å². The molecule has 59 heavy (non-hydrogen) atoms. The number of aryl methyl sites for hydroxylation is 2. The van der Waals surface area contributed by atoms with Gasteiger partial charge in [0, 0.05) is 50.7 Å². The molecule has 9 nitrogen and oxygen atoms in total. The van der Waals surface area contributed by atoms with Gasteiger partial charge in [-0.3, -0.25) is 14.8 Å². The monoisotopic (exact) mass is 836 g/mol. The average Bonchev–Trinajstić information content (AvgIpc) is 3.19. The third-order valence-corrected chi connectivity index (χ3v) is 8.81. The van der Waals surface area contributed by atoms with Gasteiger partial charge in [0.2, 0.25) is 0 Å². The van der Waals surface area contributed by atoms with E-state index in [4.69, 9.17) is 28.9 Å². The second kappa shape index (κ2) is 22.3. The molecule has 4 aromatic carbocycles. The summed E-state index contributed by atoms with van der Waals surface area (Å²) >= 11 is 11.8. The van der Waals surface area contributed by atoms with E-state index in [9.17, 15) is 23.8 Å². The summed E-state index contributed by atoms with van der Waals surface area (Å²) in [5.41, 5.74) is 9.81. The summed E-state index contributed by atoms with van der Waals surface area (Å²) in [6.07, 6.45) is 3.88. The predicted molar refractivity (Wildman–Crippen MR) is 236 cm³/mol. The van der Waals surface area contributed by atoms with Gasteiger partial charge in [-0.05, 0) is 92.2 Å². The molecule has 4 heterocycles. The molecule has 1 atom stereocenters. The number of fused-ring (bicyclic) bond motifs is 2. The number of phenolic OH excluding ortho intramolecular Hbond substituents is 2. The molecule has 0 saturated heterocycles. The number of nitrogens with zero attached hydrogens (tertiary/aromatic N) is 4. The summed E-state index contributed by atoms with van der Waals surface area (Å²) < 4.78 is 25.9. The summed E-state index contributed by atoms with van der Waals surface area (Å²) in [5, 5.41) is 25.7. The molecular formula is C46H44Cl2F2N6O3. The topological polar surface area (TPSA) is 147 Å². The Bertz CT molecular complexity index is 2610. The smallest absolute Gasteiger partial charge is 0.151 e. The van der Waals surface area contributed by atoms with Crippen LogP contribution in [0.3, 0.4) is 0 Å². The first-order valence-corrected chi connectivity index (χ1v) is 18.0. The van der Waals surface area contributed by atoms with Gasteiger partial charge in [-0.25, -0.2) is 18.7 Å². The number of hydrogen-bond donors (Lipinski definition) is 4. The Morgan fingerprint density at radius 3 is 1.80 bits per heavy atom. The van der Waals surface area contributed by atoms with Gasteiger partial charge in [-0.1, -0.05) is 92.7 Å².